The predicted molar refractivity (Wildman–Crippen MR) is 68.4 cm³/mol. The Kier molecular flexibility index (Phi) is 3.50. The van der Waals surface area contributed by atoms with Crippen molar-refractivity contribution in [2.45, 2.75) is 19.9 Å². The van der Waals surface area contributed by atoms with Gasteiger partial charge in [-0.2, -0.15) is 5.10 Å². The highest BCUT2D eigenvalue weighted by atomic mass is 19.1. The van der Waals surface area contributed by atoms with Gasteiger partial charge in [0.2, 0.25) is 0 Å². The first-order valence-electron chi connectivity index (χ1n) is 5.80. The lowest BCUT2D eigenvalue weighted by Gasteiger charge is -2.11. The molecule has 0 saturated carbocycles. The molecule has 2 N–H and O–H groups in total. The molecule has 2 aromatic rings. The lowest BCUT2D eigenvalue weighted by Crippen LogP contribution is -2.18. The van der Waals surface area contributed by atoms with Crippen LogP contribution in [0.25, 0.3) is 0 Å². The topological polar surface area (TPSA) is 70.1 Å². The van der Waals surface area contributed by atoms with E-state index in [1.807, 2.05) is 13.8 Å². The van der Waals surface area contributed by atoms with Crippen LogP contribution in [-0.4, -0.2) is 15.7 Å². The Bertz CT molecular complexity index is 608. The van der Waals surface area contributed by atoms with E-state index in [-0.39, 0.29) is 23.2 Å². The molecule has 0 fully saturated rings. The molecule has 0 aliphatic heterocycles. The molecule has 0 aliphatic carbocycles. The fourth-order valence-corrected chi connectivity index (χ4v) is 1.65. The normalized spacial score (nSPS) is 10.7. The van der Waals surface area contributed by atoms with Gasteiger partial charge in [-0.15, -0.1) is 0 Å². The molecule has 1 aromatic heterocycles. The van der Waals surface area contributed by atoms with Gasteiger partial charge < -0.3 is 10.5 Å². The molecule has 0 saturated heterocycles. The van der Waals surface area contributed by atoms with Gasteiger partial charge in [-0.25, -0.2) is 9.18 Å². The van der Waals surface area contributed by atoms with Crippen molar-refractivity contribution < 1.29 is 13.9 Å². The van der Waals surface area contributed by atoms with Crippen LogP contribution < -0.4 is 10.5 Å². The van der Waals surface area contributed by atoms with Crippen molar-refractivity contribution in [1.82, 2.24) is 9.78 Å². The average Bonchev–Trinajstić information content (AvgIpc) is 2.74. The molecule has 0 radical (unpaired) electrons. The van der Waals surface area contributed by atoms with Gasteiger partial charge in [-0.05, 0) is 26.0 Å². The van der Waals surface area contributed by atoms with E-state index < -0.39 is 11.8 Å². The summed E-state index contributed by atoms with van der Waals surface area (Å²) >= 11 is 0. The lowest BCUT2D eigenvalue weighted by atomic mass is 10.3. The van der Waals surface area contributed by atoms with Crippen LogP contribution in [-0.2, 0) is 0 Å². The maximum atomic E-state index is 13.4. The standard InChI is InChI=1S/C13H14FN3O2/c1-8(2)17-12(10(15)7-16-17)13(18)19-11-6-4-3-5-9(11)14/h3-8H,15H2,1-2H3. The van der Waals surface area contributed by atoms with E-state index >= 15 is 0 Å². The van der Waals surface area contributed by atoms with Crippen LogP contribution in [0.5, 0.6) is 5.75 Å². The summed E-state index contributed by atoms with van der Waals surface area (Å²) in [5, 5.41) is 4.00. The van der Waals surface area contributed by atoms with Crippen molar-refractivity contribution in [1.29, 1.82) is 0 Å². The van der Waals surface area contributed by atoms with Gasteiger partial charge in [0.15, 0.2) is 17.3 Å². The maximum absolute atomic E-state index is 13.4. The number of benzene rings is 1. The molecule has 0 spiro atoms. The smallest absolute Gasteiger partial charge is 0.364 e. The first kappa shape index (κ1) is 13.1. The molecule has 0 atom stereocenters. The van der Waals surface area contributed by atoms with Crippen molar-refractivity contribution in [2.24, 2.45) is 0 Å². The number of aromatic nitrogens is 2. The molecule has 5 nitrogen and oxygen atoms in total. The molecule has 0 aliphatic rings. The first-order valence-corrected chi connectivity index (χ1v) is 5.80. The number of para-hydroxylation sites is 1. The third kappa shape index (κ3) is 2.57. The van der Waals surface area contributed by atoms with Crippen LogP contribution in [0.4, 0.5) is 10.1 Å². The van der Waals surface area contributed by atoms with Gasteiger partial charge in [-0.3, -0.25) is 4.68 Å². The molecule has 1 heterocycles. The molecule has 100 valence electrons. The minimum Gasteiger partial charge on any atom is -0.419 e. The van der Waals surface area contributed by atoms with E-state index in [9.17, 15) is 9.18 Å². The highest BCUT2D eigenvalue weighted by molar-refractivity contribution is 5.94. The van der Waals surface area contributed by atoms with Crippen molar-refractivity contribution >= 4 is 11.7 Å². The van der Waals surface area contributed by atoms with Gasteiger partial charge in [0.1, 0.15) is 0 Å². The number of hydrogen-bond acceptors (Lipinski definition) is 4. The number of ether oxygens (including phenoxy) is 1. The van der Waals surface area contributed by atoms with E-state index in [0.29, 0.717) is 0 Å². The molecule has 2 rings (SSSR count). The zero-order valence-corrected chi connectivity index (χ0v) is 10.6. The summed E-state index contributed by atoms with van der Waals surface area (Å²) < 4.78 is 19.9. The Morgan fingerprint density at radius 3 is 2.74 bits per heavy atom. The molecule has 1 aromatic carbocycles. The zero-order chi connectivity index (χ0) is 14.0. The Morgan fingerprint density at radius 1 is 1.42 bits per heavy atom. The largest absolute Gasteiger partial charge is 0.419 e. The van der Waals surface area contributed by atoms with Gasteiger partial charge in [0.25, 0.3) is 0 Å². The van der Waals surface area contributed by atoms with Crippen LogP contribution in [0.3, 0.4) is 0 Å². The van der Waals surface area contributed by atoms with Crippen LogP contribution >= 0.6 is 0 Å². The van der Waals surface area contributed by atoms with Crippen molar-refractivity contribution in [3.63, 3.8) is 0 Å². The number of carbonyl (C=O) groups excluding carboxylic acids is 1. The molecule has 0 unspecified atom stereocenters. The van der Waals surface area contributed by atoms with Crippen molar-refractivity contribution in [3.05, 3.63) is 42.0 Å². The summed E-state index contributed by atoms with van der Waals surface area (Å²) in [6, 6.07) is 5.62. The Morgan fingerprint density at radius 2 is 2.11 bits per heavy atom. The van der Waals surface area contributed by atoms with Crippen LogP contribution in [0.2, 0.25) is 0 Å². The molecular weight excluding hydrogens is 249 g/mol. The fourth-order valence-electron chi connectivity index (χ4n) is 1.65. The quantitative estimate of drug-likeness (QED) is 0.682. The van der Waals surface area contributed by atoms with E-state index in [2.05, 4.69) is 5.10 Å². The summed E-state index contributed by atoms with van der Waals surface area (Å²) in [6.45, 7) is 3.71. The Labute approximate surface area is 109 Å². The fraction of sp³-hybridized carbons (Fsp3) is 0.231. The van der Waals surface area contributed by atoms with Gasteiger partial charge >= 0.3 is 5.97 Å². The number of hydrogen-bond donors (Lipinski definition) is 1. The number of nitrogen functional groups attached to an aromatic ring is 1. The summed E-state index contributed by atoms with van der Waals surface area (Å²) in [4.78, 5) is 12.0. The minimum atomic E-state index is -0.728. The zero-order valence-electron chi connectivity index (χ0n) is 10.6. The van der Waals surface area contributed by atoms with Crippen molar-refractivity contribution in [3.8, 4) is 5.75 Å². The van der Waals surface area contributed by atoms with Crippen molar-refractivity contribution in [2.75, 3.05) is 5.73 Å². The molecule has 0 amide bonds. The monoisotopic (exact) mass is 263 g/mol. The number of anilines is 1. The van der Waals surface area contributed by atoms with Crippen LogP contribution in [0, 0.1) is 5.82 Å². The summed E-state index contributed by atoms with van der Waals surface area (Å²) in [7, 11) is 0. The second-order valence-electron chi connectivity index (χ2n) is 4.31. The molecule has 0 bridgehead atoms. The highest BCUT2D eigenvalue weighted by Gasteiger charge is 2.21. The highest BCUT2D eigenvalue weighted by Crippen LogP contribution is 2.21. The number of esters is 1. The van der Waals surface area contributed by atoms with E-state index in [4.69, 9.17) is 10.5 Å². The van der Waals surface area contributed by atoms with Crippen LogP contribution in [0.1, 0.15) is 30.4 Å². The molecule has 6 heteroatoms. The van der Waals surface area contributed by atoms with Crippen LogP contribution in [0.15, 0.2) is 30.5 Å². The number of carbonyl (C=O) groups is 1. The van der Waals surface area contributed by atoms with Gasteiger partial charge in [-0.1, -0.05) is 12.1 Å². The third-order valence-electron chi connectivity index (χ3n) is 2.55. The lowest BCUT2D eigenvalue weighted by molar-refractivity contribution is 0.0714. The summed E-state index contributed by atoms with van der Waals surface area (Å²) in [5.74, 6) is -1.47. The molecule has 19 heavy (non-hydrogen) atoms. The number of halogens is 1. The molecular formula is C13H14FN3O2. The second kappa shape index (κ2) is 5.09. The SMILES string of the molecule is CC(C)n1ncc(N)c1C(=O)Oc1ccccc1F. The summed E-state index contributed by atoms with van der Waals surface area (Å²) in [6.07, 6.45) is 1.37. The van der Waals surface area contributed by atoms with Gasteiger partial charge in [0, 0.05) is 6.04 Å². The number of rotatable bonds is 3. The Balaban J connectivity index is 2.31. The Hall–Kier alpha value is -2.37. The summed E-state index contributed by atoms with van der Waals surface area (Å²) in [5.41, 5.74) is 6.02. The first-order chi connectivity index (χ1) is 9.00. The predicted octanol–water partition coefficient (Wildman–Crippen LogP) is 2.40. The van der Waals surface area contributed by atoms with Gasteiger partial charge in [0.05, 0.1) is 11.9 Å². The van der Waals surface area contributed by atoms with E-state index in [0.717, 1.165) is 0 Å². The third-order valence-corrected chi connectivity index (χ3v) is 2.55. The average molecular weight is 263 g/mol. The second-order valence-corrected chi connectivity index (χ2v) is 4.31. The number of nitrogens with zero attached hydrogens (tertiary/aromatic N) is 2. The van der Waals surface area contributed by atoms with E-state index in [1.165, 1.54) is 29.1 Å². The minimum absolute atomic E-state index is 0.0551. The number of nitrogens with two attached hydrogens (primary N) is 1. The van der Waals surface area contributed by atoms with E-state index in [1.54, 1.807) is 6.07 Å². The maximum Gasteiger partial charge on any atom is 0.364 e.